The van der Waals surface area contributed by atoms with Gasteiger partial charge in [-0.25, -0.2) is 9.97 Å². The summed E-state index contributed by atoms with van der Waals surface area (Å²) >= 11 is 0. The lowest BCUT2D eigenvalue weighted by Gasteiger charge is -2.07. The van der Waals surface area contributed by atoms with Crippen molar-refractivity contribution in [3.63, 3.8) is 0 Å². The molecule has 1 rings (SSSR count). The molecule has 0 unspecified atom stereocenters. The van der Waals surface area contributed by atoms with E-state index in [1.807, 2.05) is 6.92 Å². The van der Waals surface area contributed by atoms with Gasteiger partial charge in [-0.2, -0.15) is 0 Å². The van der Waals surface area contributed by atoms with Crippen molar-refractivity contribution in [3.8, 4) is 0 Å². The minimum Gasteiger partial charge on any atom is -0.368 e. The van der Waals surface area contributed by atoms with Crippen molar-refractivity contribution >= 4 is 18.4 Å². The van der Waals surface area contributed by atoms with Gasteiger partial charge in [0, 0.05) is 11.9 Å². The fourth-order valence-electron chi connectivity index (χ4n) is 1.06. The summed E-state index contributed by atoms with van der Waals surface area (Å²) < 4.78 is 0. The van der Waals surface area contributed by atoms with Crippen LogP contribution in [0.1, 0.15) is 31.0 Å². The topological polar surface area (TPSA) is 51.8 Å². The summed E-state index contributed by atoms with van der Waals surface area (Å²) in [4.78, 5) is 7.99. The Morgan fingerprint density at radius 3 is 2.42 bits per heavy atom. The molecule has 0 aromatic carbocycles. The molecule has 0 fully saturated rings. The Morgan fingerprint density at radius 2 is 2.00 bits per heavy atom. The van der Waals surface area contributed by atoms with E-state index in [9.17, 15) is 0 Å². The maximum absolute atomic E-state index is 5.41. The number of anilines is 1. The largest absolute Gasteiger partial charge is 0.368 e. The zero-order chi connectivity index (χ0) is 8.43. The van der Waals surface area contributed by atoms with Gasteiger partial charge in [0.15, 0.2) is 0 Å². The predicted molar refractivity (Wildman–Crippen MR) is 52.5 cm³/mol. The van der Waals surface area contributed by atoms with E-state index in [-0.39, 0.29) is 12.4 Å². The van der Waals surface area contributed by atoms with Crippen LogP contribution in [0.5, 0.6) is 0 Å². The lowest BCUT2D eigenvalue weighted by atomic mass is 10.0. The van der Waals surface area contributed by atoms with Crippen LogP contribution in [0.25, 0.3) is 0 Å². The molecule has 12 heavy (non-hydrogen) atoms. The molecule has 0 saturated heterocycles. The molecule has 0 aliphatic heterocycles. The predicted octanol–water partition coefficient (Wildman–Crippen LogP) is 1.91. The van der Waals surface area contributed by atoms with Crippen molar-refractivity contribution in [2.24, 2.45) is 0 Å². The molecule has 68 valence electrons. The van der Waals surface area contributed by atoms with Crippen molar-refractivity contribution < 1.29 is 0 Å². The first-order valence-corrected chi connectivity index (χ1v) is 3.70. The van der Waals surface area contributed by atoms with Crippen LogP contribution in [0.2, 0.25) is 0 Å². The highest BCUT2D eigenvalue weighted by molar-refractivity contribution is 5.85. The van der Waals surface area contributed by atoms with Crippen molar-refractivity contribution in [3.05, 3.63) is 17.5 Å². The zero-order valence-corrected chi connectivity index (χ0v) is 8.35. The second-order valence-electron chi connectivity index (χ2n) is 2.92. The van der Waals surface area contributed by atoms with Gasteiger partial charge in [-0.1, -0.05) is 13.8 Å². The Labute approximate surface area is 78.8 Å². The first-order chi connectivity index (χ1) is 5.11. The lowest BCUT2D eigenvalue weighted by molar-refractivity contribution is 0.831. The van der Waals surface area contributed by atoms with Crippen molar-refractivity contribution in [1.82, 2.24) is 9.97 Å². The summed E-state index contributed by atoms with van der Waals surface area (Å²) in [6.45, 7) is 6.18. The average Bonchev–Trinajstić information content (AvgIpc) is 1.85. The van der Waals surface area contributed by atoms with Crippen LogP contribution >= 0.6 is 12.4 Å². The number of aryl methyl sites for hydroxylation is 1. The molecule has 1 aromatic heterocycles. The Bertz CT molecular complexity index is 260. The van der Waals surface area contributed by atoms with Crippen molar-refractivity contribution in [2.75, 3.05) is 5.73 Å². The third-order valence-electron chi connectivity index (χ3n) is 1.66. The molecule has 4 heteroatoms. The van der Waals surface area contributed by atoms with E-state index in [2.05, 4.69) is 23.8 Å². The third-order valence-corrected chi connectivity index (χ3v) is 1.66. The summed E-state index contributed by atoms with van der Waals surface area (Å²) in [7, 11) is 0. The van der Waals surface area contributed by atoms with Crippen LogP contribution < -0.4 is 5.73 Å². The standard InChI is InChI=1S/C8H13N3.ClH/c1-5(2)7-4-10-8(9)11-6(7)3;/h4-5H,1-3H3,(H2,9,10,11);1H. The summed E-state index contributed by atoms with van der Waals surface area (Å²) in [5.41, 5.74) is 7.55. The number of nitrogen functional groups attached to an aromatic ring is 1. The molecule has 2 N–H and O–H groups in total. The zero-order valence-electron chi connectivity index (χ0n) is 7.53. The van der Waals surface area contributed by atoms with Crippen LogP contribution in [0.4, 0.5) is 5.95 Å². The lowest BCUT2D eigenvalue weighted by Crippen LogP contribution is -2.01. The van der Waals surface area contributed by atoms with Crippen LogP contribution in [-0.4, -0.2) is 9.97 Å². The van der Waals surface area contributed by atoms with E-state index in [0.29, 0.717) is 11.9 Å². The number of hydrogen-bond acceptors (Lipinski definition) is 3. The van der Waals surface area contributed by atoms with Crippen LogP contribution in [0, 0.1) is 6.92 Å². The van der Waals surface area contributed by atoms with Gasteiger partial charge in [0.2, 0.25) is 5.95 Å². The Balaban J connectivity index is 0.00000121. The van der Waals surface area contributed by atoms with E-state index in [1.54, 1.807) is 6.20 Å². The molecule has 3 nitrogen and oxygen atoms in total. The maximum Gasteiger partial charge on any atom is 0.220 e. The number of nitrogens with zero attached hydrogens (tertiary/aromatic N) is 2. The van der Waals surface area contributed by atoms with Crippen LogP contribution in [-0.2, 0) is 0 Å². The fraction of sp³-hybridized carbons (Fsp3) is 0.500. The quantitative estimate of drug-likeness (QED) is 0.731. The van der Waals surface area contributed by atoms with Gasteiger partial charge in [-0.05, 0) is 18.4 Å². The smallest absolute Gasteiger partial charge is 0.220 e. The number of aromatic nitrogens is 2. The fourth-order valence-corrected chi connectivity index (χ4v) is 1.06. The van der Waals surface area contributed by atoms with Crippen LogP contribution in [0.3, 0.4) is 0 Å². The van der Waals surface area contributed by atoms with Gasteiger partial charge < -0.3 is 5.73 Å². The van der Waals surface area contributed by atoms with E-state index >= 15 is 0 Å². The first-order valence-electron chi connectivity index (χ1n) is 3.70. The molecule has 1 aromatic rings. The molecule has 0 radical (unpaired) electrons. The Morgan fingerprint density at radius 1 is 1.42 bits per heavy atom. The summed E-state index contributed by atoms with van der Waals surface area (Å²) in [5, 5.41) is 0. The molecule has 0 aliphatic carbocycles. The van der Waals surface area contributed by atoms with E-state index in [4.69, 9.17) is 5.73 Å². The Kier molecular flexibility index (Phi) is 3.96. The summed E-state index contributed by atoms with van der Waals surface area (Å²) in [6.07, 6.45) is 1.79. The number of halogens is 1. The number of rotatable bonds is 1. The Hall–Kier alpha value is -0.830. The van der Waals surface area contributed by atoms with Gasteiger partial charge in [0.05, 0.1) is 0 Å². The van der Waals surface area contributed by atoms with Gasteiger partial charge in [0.1, 0.15) is 0 Å². The minimum atomic E-state index is 0. The molecular formula is C8H14ClN3. The molecule has 0 atom stereocenters. The van der Waals surface area contributed by atoms with Gasteiger partial charge in [-0.3, -0.25) is 0 Å². The number of hydrogen-bond donors (Lipinski definition) is 1. The average molecular weight is 188 g/mol. The van der Waals surface area contributed by atoms with Crippen molar-refractivity contribution in [2.45, 2.75) is 26.7 Å². The monoisotopic (exact) mass is 187 g/mol. The number of nitrogens with two attached hydrogens (primary N) is 1. The van der Waals surface area contributed by atoms with E-state index in [1.165, 1.54) is 5.56 Å². The molecule has 0 spiro atoms. The van der Waals surface area contributed by atoms with Gasteiger partial charge in [-0.15, -0.1) is 12.4 Å². The highest BCUT2D eigenvalue weighted by atomic mass is 35.5. The highest BCUT2D eigenvalue weighted by Crippen LogP contribution is 2.15. The maximum atomic E-state index is 5.41. The van der Waals surface area contributed by atoms with E-state index in [0.717, 1.165) is 5.69 Å². The van der Waals surface area contributed by atoms with Crippen LogP contribution in [0.15, 0.2) is 6.20 Å². The van der Waals surface area contributed by atoms with E-state index < -0.39 is 0 Å². The molecule has 0 saturated carbocycles. The van der Waals surface area contributed by atoms with Crippen molar-refractivity contribution in [1.29, 1.82) is 0 Å². The highest BCUT2D eigenvalue weighted by Gasteiger charge is 2.04. The SMILES string of the molecule is Cc1nc(N)ncc1C(C)C.Cl. The second-order valence-corrected chi connectivity index (χ2v) is 2.92. The normalized spacial score (nSPS) is 9.67. The summed E-state index contributed by atoms with van der Waals surface area (Å²) in [5.74, 6) is 0.822. The van der Waals surface area contributed by atoms with Gasteiger partial charge >= 0.3 is 0 Å². The molecular weight excluding hydrogens is 174 g/mol. The summed E-state index contributed by atoms with van der Waals surface area (Å²) in [6, 6.07) is 0. The molecule has 0 amide bonds. The minimum absolute atomic E-state index is 0. The first kappa shape index (κ1) is 11.2. The molecule has 0 aliphatic rings. The second kappa shape index (κ2) is 4.26. The van der Waals surface area contributed by atoms with Gasteiger partial charge in [0.25, 0.3) is 0 Å². The molecule has 0 bridgehead atoms. The molecule has 1 heterocycles. The third kappa shape index (κ3) is 2.34.